The van der Waals surface area contributed by atoms with Crippen LogP contribution in [0.25, 0.3) is 0 Å². The van der Waals surface area contributed by atoms with Crippen LogP contribution in [-0.2, 0) is 15.9 Å². The van der Waals surface area contributed by atoms with Crippen LogP contribution in [0.3, 0.4) is 0 Å². The largest absolute Gasteiger partial charge is 0.352 e. The molecule has 0 N–H and O–H groups in total. The molecule has 1 aliphatic rings. The minimum Gasteiger partial charge on any atom is -0.352 e. The Bertz CT molecular complexity index is 312. The summed E-state index contributed by atoms with van der Waals surface area (Å²) >= 11 is 3.44. The molecule has 0 amide bonds. The van der Waals surface area contributed by atoms with E-state index in [2.05, 4.69) is 34.1 Å². The van der Waals surface area contributed by atoms with Crippen molar-refractivity contribution in [3.05, 3.63) is 33.8 Å². The topological polar surface area (TPSA) is 18.5 Å². The van der Waals surface area contributed by atoms with Crippen LogP contribution in [0.5, 0.6) is 0 Å². The van der Waals surface area contributed by atoms with Crippen LogP contribution in [-0.4, -0.2) is 13.7 Å². The second kappa shape index (κ2) is 3.78. The predicted molar refractivity (Wildman–Crippen MR) is 53.5 cm³/mol. The average molecular weight is 243 g/mol. The molecule has 0 aliphatic carbocycles. The Hall–Kier alpha value is -0.380. The summed E-state index contributed by atoms with van der Waals surface area (Å²) in [5.74, 6) is 0. The third-order valence-electron chi connectivity index (χ3n) is 2.22. The number of ether oxygens (including phenoxy) is 2. The molecule has 13 heavy (non-hydrogen) atoms. The lowest BCUT2D eigenvalue weighted by atomic mass is 10.0. The molecule has 70 valence electrons. The fourth-order valence-electron chi connectivity index (χ4n) is 1.57. The second-order valence-electron chi connectivity index (χ2n) is 3.03. The van der Waals surface area contributed by atoms with Crippen molar-refractivity contribution in [1.82, 2.24) is 0 Å². The lowest BCUT2D eigenvalue weighted by Gasteiger charge is -2.24. The molecular weight excluding hydrogens is 232 g/mol. The van der Waals surface area contributed by atoms with E-state index in [0.717, 1.165) is 23.1 Å². The maximum atomic E-state index is 5.47. The fourth-order valence-corrected chi connectivity index (χ4v) is 1.95. The second-order valence-corrected chi connectivity index (χ2v) is 3.95. The summed E-state index contributed by atoms with van der Waals surface area (Å²) in [4.78, 5) is 0. The zero-order valence-electron chi connectivity index (χ0n) is 7.42. The summed E-state index contributed by atoms with van der Waals surface area (Å²) < 4.78 is 11.8. The molecule has 2 nitrogen and oxygen atoms in total. The molecule has 0 radical (unpaired) electrons. The zero-order chi connectivity index (χ0) is 9.26. The maximum Gasteiger partial charge on any atom is 0.183 e. The molecule has 0 unspecified atom stereocenters. The molecule has 1 aliphatic heterocycles. The molecule has 0 fully saturated rings. The molecule has 1 heterocycles. The molecule has 0 bridgehead atoms. The van der Waals surface area contributed by atoms with E-state index >= 15 is 0 Å². The van der Waals surface area contributed by atoms with Gasteiger partial charge in [-0.15, -0.1) is 0 Å². The fraction of sp³-hybridized carbons (Fsp3) is 0.400. The Labute approximate surface area is 86.0 Å². The number of fused-ring (bicyclic) bond motifs is 1. The molecule has 0 aromatic heterocycles. The quantitative estimate of drug-likeness (QED) is 0.754. The van der Waals surface area contributed by atoms with Gasteiger partial charge in [0.2, 0.25) is 0 Å². The Morgan fingerprint density at radius 3 is 3.15 bits per heavy atom. The predicted octanol–water partition coefficient (Wildman–Crippen LogP) is 2.67. The summed E-state index contributed by atoms with van der Waals surface area (Å²) in [7, 11) is 1.67. The minimum absolute atomic E-state index is 0.193. The smallest absolute Gasteiger partial charge is 0.183 e. The van der Waals surface area contributed by atoms with Crippen molar-refractivity contribution in [2.45, 2.75) is 12.7 Å². The molecule has 1 atom stereocenters. The van der Waals surface area contributed by atoms with E-state index in [4.69, 9.17) is 9.47 Å². The number of halogens is 1. The first-order valence-corrected chi connectivity index (χ1v) is 5.03. The van der Waals surface area contributed by atoms with Gasteiger partial charge in [-0.2, -0.15) is 0 Å². The van der Waals surface area contributed by atoms with Crippen molar-refractivity contribution in [2.24, 2.45) is 0 Å². The summed E-state index contributed by atoms with van der Waals surface area (Å²) in [6, 6.07) is 6.23. The van der Waals surface area contributed by atoms with Crippen LogP contribution in [0.4, 0.5) is 0 Å². The van der Waals surface area contributed by atoms with Crippen molar-refractivity contribution in [2.75, 3.05) is 13.7 Å². The summed E-state index contributed by atoms with van der Waals surface area (Å²) in [6.07, 6.45) is 0.781. The molecule has 2 rings (SSSR count). The maximum absolute atomic E-state index is 5.47. The molecule has 1 aromatic carbocycles. The first kappa shape index (κ1) is 9.19. The highest BCUT2D eigenvalue weighted by Gasteiger charge is 2.19. The molecule has 0 spiro atoms. The number of rotatable bonds is 1. The van der Waals surface area contributed by atoms with E-state index < -0.39 is 0 Å². The average Bonchev–Trinajstić information content (AvgIpc) is 2.17. The summed E-state index contributed by atoms with van der Waals surface area (Å²) in [6.45, 7) is 0.743. The Kier molecular flexibility index (Phi) is 2.67. The van der Waals surface area contributed by atoms with E-state index in [0.29, 0.717) is 0 Å². The molecule has 3 heteroatoms. The third-order valence-corrected chi connectivity index (χ3v) is 2.71. The van der Waals surface area contributed by atoms with Gasteiger partial charge >= 0.3 is 0 Å². The number of benzene rings is 1. The number of hydrogen-bond acceptors (Lipinski definition) is 2. The van der Waals surface area contributed by atoms with Gasteiger partial charge in [-0.3, -0.25) is 0 Å². The van der Waals surface area contributed by atoms with Crippen molar-refractivity contribution >= 4 is 15.9 Å². The van der Waals surface area contributed by atoms with Crippen LogP contribution in [0.2, 0.25) is 0 Å². The van der Waals surface area contributed by atoms with E-state index in [1.54, 1.807) is 7.11 Å². The van der Waals surface area contributed by atoms with Gasteiger partial charge in [0.25, 0.3) is 0 Å². The van der Waals surface area contributed by atoms with Crippen molar-refractivity contribution in [3.63, 3.8) is 0 Å². The normalized spacial score (nSPS) is 21.2. The van der Waals surface area contributed by atoms with Gasteiger partial charge in [0, 0.05) is 17.1 Å². The lowest BCUT2D eigenvalue weighted by Crippen LogP contribution is -2.17. The van der Waals surface area contributed by atoms with Crippen LogP contribution in [0.1, 0.15) is 17.4 Å². The van der Waals surface area contributed by atoms with E-state index in [1.165, 1.54) is 5.56 Å². The van der Waals surface area contributed by atoms with E-state index in [1.807, 2.05) is 0 Å². The molecular formula is C10H11BrO2. The first-order valence-electron chi connectivity index (χ1n) is 4.24. The van der Waals surface area contributed by atoms with Crippen LogP contribution in [0.15, 0.2) is 22.7 Å². The molecule has 1 aromatic rings. The number of hydrogen-bond donors (Lipinski definition) is 0. The highest BCUT2D eigenvalue weighted by Crippen LogP contribution is 2.29. The molecule has 0 saturated carbocycles. The summed E-state index contributed by atoms with van der Waals surface area (Å²) in [5, 5.41) is 0. The van der Waals surface area contributed by atoms with Crippen molar-refractivity contribution < 1.29 is 9.47 Å². The van der Waals surface area contributed by atoms with E-state index in [9.17, 15) is 0 Å². The van der Waals surface area contributed by atoms with Crippen molar-refractivity contribution in [1.29, 1.82) is 0 Å². The Morgan fingerprint density at radius 2 is 2.38 bits per heavy atom. The first-order chi connectivity index (χ1) is 6.31. The standard InChI is InChI=1S/C10H11BrO2/c1-12-10-9-6-8(11)3-2-7(9)4-5-13-10/h2-3,6,10H,4-5H2,1H3/t10-/m0/s1. The number of methoxy groups -OCH3 is 1. The highest BCUT2D eigenvalue weighted by atomic mass is 79.9. The summed E-state index contributed by atoms with van der Waals surface area (Å²) in [5.41, 5.74) is 2.46. The zero-order valence-corrected chi connectivity index (χ0v) is 9.00. The Balaban J connectivity index is 2.41. The SMILES string of the molecule is CO[C@H]1OCCc2ccc(Br)cc21. The van der Waals surface area contributed by atoms with Gasteiger partial charge in [0.1, 0.15) is 0 Å². The van der Waals surface area contributed by atoms with Gasteiger partial charge in [0.05, 0.1) is 6.61 Å². The van der Waals surface area contributed by atoms with Gasteiger partial charge in [0.15, 0.2) is 6.29 Å². The Morgan fingerprint density at radius 1 is 1.54 bits per heavy atom. The van der Waals surface area contributed by atoms with Crippen LogP contribution < -0.4 is 0 Å². The third kappa shape index (κ3) is 1.77. The minimum atomic E-state index is -0.193. The van der Waals surface area contributed by atoms with Gasteiger partial charge < -0.3 is 9.47 Å². The van der Waals surface area contributed by atoms with Crippen LogP contribution >= 0.6 is 15.9 Å². The lowest BCUT2D eigenvalue weighted by molar-refractivity contribution is -0.134. The molecule has 0 saturated heterocycles. The van der Waals surface area contributed by atoms with Gasteiger partial charge in [-0.1, -0.05) is 22.0 Å². The van der Waals surface area contributed by atoms with E-state index in [-0.39, 0.29) is 6.29 Å². The van der Waals surface area contributed by atoms with Crippen molar-refractivity contribution in [3.8, 4) is 0 Å². The van der Waals surface area contributed by atoms with Gasteiger partial charge in [-0.05, 0) is 24.1 Å². The monoisotopic (exact) mass is 242 g/mol. The van der Waals surface area contributed by atoms with Gasteiger partial charge in [-0.25, -0.2) is 0 Å². The van der Waals surface area contributed by atoms with Crippen LogP contribution in [0, 0.1) is 0 Å². The highest BCUT2D eigenvalue weighted by molar-refractivity contribution is 9.10.